The Kier molecular flexibility index (Phi) is 7.13. The Morgan fingerprint density at radius 2 is 2.24 bits per heavy atom. The van der Waals surface area contributed by atoms with Gasteiger partial charge < -0.3 is 20.1 Å². The van der Waals surface area contributed by atoms with E-state index >= 15 is 0 Å². The second kappa shape index (κ2) is 9.77. The molecule has 1 aliphatic heterocycles. The molecule has 156 valence electrons. The highest BCUT2D eigenvalue weighted by atomic mass is 32.1. The molecule has 8 nitrogen and oxygen atoms in total. The number of nitrogens with one attached hydrogen (secondary N) is 2. The number of hydrogen-bond acceptors (Lipinski definition) is 6. The van der Waals surface area contributed by atoms with Gasteiger partial charge >= 0.3 is 6.03 Å². The zero-order valence-electron chi connectivity index (χ0n) is 15.9. The predicted octanol–water partition coefficient (Wildman–Crippen LogP) is 2.10. The number of anilines is 1. The number of benzene rings is 1. The summed E-state index contributed by atoms with van der Waals surface area (Å²) in [6.07, 6.45) is 0.431. The van der Waals surface area contributed by atoms with Crippen molar-refractivity contribution in [2.75, 3.05) is 19.0 Å². The molecule has 0 bridgehead atoms. The van der Waals surface area contributed by atoms with Crippen molar-refractivity contribution in [3.63, 3.8) is 0 Å². The molecule has 10 heteroatoms. The topological polar surface area (TPSA) is 104 Å². The van der Waals surface area contributed by atoms with E-state index in [1.165, 1.54) is 28.4 Å². The van der Waals surface area contributed by atoms with Crippen molar-refractivity contribution in [1.82, 2.24) is 15.2 Å². The minimum atomic E-state index is -0.540. The van der Waals surface area contributed by atoms with Crippen molar-refractivity contribution in [2.45, 2.75) is 38.1 Å². The van der Waals surface area contributed by atoms with Gasteiger partial charge in [0.15, 0.2) is 5.13 Å². The largest absolute Gasteiger partial charge is 0.394 e. The summed E-state index contributed by atoms with van der Waals surface area (Å²) in [5.74, 6) is -0.515. The molecule has 0 radical (unpaired) electrons. The van der Waals surface area contributed by atoms with Crippen LogP contribution in [0.4, 0.5) is 14.3 Å². The molecule has 29 heavy (non-hydrogen) atoms. The highest BCUT2D eigenvalue weighted by Crippen LogP contribution is 2.22. The van der Waals surface area contributed by atoms with Crippen molar-refractivity contribution < 1.29 is 23.8 Å². The molecule has 1 aromatic carbocycles. The van der Waals surface area contributed by atoms with Crippen LogP contribution in [0.1, 0.15) is 24.1 Å². The SMILES string of the molecule is CN(Cc1csc(NC(=O)NCc2cccc(F)c2)n1)C(=O)C1CCC(CO)O1. The summed E-state index contributed by atoms with van der Waals surface area (Å²) < 4.78 is 18.7. The van der Waals surface area contributed by atoms with Gasteiger partial charge in [-0.15, -0.1) is 11.3 Å². The number of aliphatic hydroxyl groups excluding tert-OH is 1. The molecular formula is C19H23FN4O4S. The third kappa shape index (κ3) is 5.96. The monoisotopic (exact) mass is 422 g/mol. The fourth-order valence-corrected chi connectivity index (χ4v) is 3.69. The molecule has 0 aliphatic carbocycles. The van der Waals surface area contributed by atoms with E-state index in [1.54, 1.807) is 24.6 Å². The Morgan fingerprint density at radius 1 is 1.41 bits per heavy atom. The van der Waals surface area contributed by atoms with Crippen LogP contribution in [-0.2, 0) is 22.6 Å². The van der Waals surface area contributed by atoms with Crippen LogP contribution < -0.4 is 10.6 Å². The number of halogens is 1. The summed E-state index contributed by atoms with van der Waals surface area (Å²) in [5, 5.41) is 16.5. The molecule has 1 aliphatic rings. The smallest absolute Gasteiger partial charge is 0.321 e. The third-order valence-corrected chi connectivity index (χ3v) is 5.28. The normalized spacial score (nSPS) is 18.4. The van der Waals surface area contributed by atoms with Gasteiger partial charge in [0.2, 0.25) is 0 Å². The Bertz CT molecular complexity index is 862. The second-order valence-electron chi connectivity index (χ2n) is 6.78. The minimum absolute atomic E-state index is 0.0874. The van der Waals surface area contributed by atoms with Gasteiger partial charge in [0.25, 0.3) is 5.91 Å². The zero-order chi connectivity index (χ0) is 20.8. The maximum Gasteiger partial charge on any atom is 0.321 e. The lowest BCUT2D eigenvalue weighted by atomic mass is 10.2. The van der Waals surface area contributed by atoms with E-state index in [1.807, 2.05) is 0 Å². The quantitative estimate of drug-likeness (QED) is 0.634. The lowest BCUT2D eigenvalue weighted by Gasteiger charge is -2.20. The molecule has 3 N–H and O–H groups in total. The van der Waals surface area contributed by atoms with E-state index in [9.17, 15) is 14.0 Å². The number of carbonyl (C=O) groups excluding carboxylic acids is 2. The van der Waals surface area contributed by atoms with Crippen molar-refractivity contribution in [3.05, 3.63) is 46.7 Å². The first-order chi connectivity index (χ1) is 13.9. The van der Waals surface area contributed by atoms with Crippen LogP contribution >= 0.6 is 11.3 Å². The number of rotatable bonds is 7. The van der Waals surface area contributed by atoms with E-state index in [2.05, 4.69) is 15.6 Å². The first-order valence-corrected chi connectivity index (χ1v) is 10.1. The maximum absolute atomic E-state index is 13.2. The van der Waals surface area contributed by atoms with Gasteiger partial charge in [0.1, 0.15) is 11.9 Å². The minimum Gasteiger partial charge on any atom is -0.394 e. The third-order valence-electron chi connectivity index (χ3n) is 4.48. The summed E-state index contributed by atoms with van der Waals surface area (Å²) in [6, 6.07) is 5.54. The number of aromatic nitrogens is 1. The maximum atomic E-state index is 13.2. The van der Waals surface area contributed by atoms with Gasteiger partial charge in [-0.25, -0.2) is 14.2 Å². The van der Waals surface area contributed by atoms with Crippen LogP contribution in [0.15, 0.2) is 29.6 Å². The first-order valence-electron chi connectivity index (χ1n) is 9.19. The molecule has 0 saturated carbocycles. The molecule has 1 fully saturated rings. The summed E-state index contributed by atoms with van der Waals surface area (Å²) in [6.45, 7) is 0.386. The molecule has 1 saturated heterocycles. The van der Waals surface area contributed by atoms with Crippen LogP contribution in [0, 0.1) is 5.82 Å². The standard InChI is InChI=1S/C19H23FN4O4S/c1-24(17(26)16-6-5-15(10-25)28-16)9-14-11-29-19(22-14)23-18(27)21-8-12-3-2-4-13(20)7-12/h2-4,7,11,15-16,25H,5-6,8-10H2,1H3,(H2,21,22,23,27). The highest BCUT2D eigenvalue weighted by Gasteiger charge is 2.32. The average molecular weight is 422 g/mol. The van der Waals surface area contributed by atoms with Gasteiger partial charge in [0, 0.05) is 19.0 Å². The van der Waals surface area contributed by atoms with E-state index in [4.69, 9.17) is 9.84 Å². The zero-order valence-corrected chi connectivity index (χ0v) is 16.7. The van der Waals surface area contributed by atoms with E-state index in [-0.39, 0.29) is 37.5 Å². The second-order valence-corrected chi connectivity index (χ2v) is 7.64. The number of thiazole rings is 1. The number of amides is 3. The van der Waals surface area contributed by atoms with Gasteiger partial charge in [-0.05, 0) is 30.5 Å². The number of aliphatic hydroxyl groups is 1. The van der Waals surface area contributed by atoms with Crippen LogP contribution in [-0.4, -0.2) is 52.8 Å². The predicted molar refractivity (Wildman–Crippen MR) is 106 cm³/mol. The van der Waals surface area contributed by atoms with Gasteiger partial charge in [-0.1, -0.05) is 12.1 Å². The Morgan fingerprint density at radius 3 is 2.97 bits per heavy atom. The highest BCUT2D eigenvalue weighted by molar-refractivity contribution is 7.13. The Balaban J connectivity index is 1.46. The van der Waals surface area contributed by atoms with Gasteiger partial charge in [-0.3, -0.25) is 10.1 Å². The summed E-state index contributed by atoms with van der Waals surface area (Å²) in [7, 11) is 1.66. The average Bonchev–Trinajstić information content (AvgIpc) is 3.35. The molecule has 2 heterocycles. The Labute approximate surface area is 171 Å². The van der Waals surface area contributed by atoms with Crippen molar-refractivity contribution in [2.24, 2.45) is 0 Å². The fraction of sp³-hybridized carbons (Fsp3) is 0.421. The van der Waals surface area contributed by atoms with Crippen LogP contribution in [0.2, 0.25) is 0 Å². The number of nitrogens with zero attached hydrogens (tertiary/aromatic N) is 2. The van der Waals surface area contributed by atoms with Crippen LogP contribution in [0.25, 0.3) is 0 Å². The molecule has 3 amide bonds. The fourth-order valence-electron chi connectivity index (χ4n) is 3.00. The number of carbonyl (C=O) groups is 2. The molecular weight excluding hydrogens is 399 g/mol. The molecule has 2 aromatic rings. The van der Waals surface area contributed by atoms with E-state index < -0.39 is 12.1 Å². The first kappa shape index (κ1) is 21.2. The molecule has 2 atom stereocenters. The molecule has 0 spiro atoms. The Hall–Kier alpha value is -2.56. The van der Waals surface area contributed by atoms with Crippen LogP contribution in [0.3, 0.4) is 0 Å². The lowest BCUT2D eigenvalue weighted by molar-refractivity contribution is -0.142. The number of urea groups is 1. The molecule has 1 aromatic heterocycles. The summed E-state index contributed by atoms with van der Waals surface area (Å²) in [4.78, 5) is 30.3. The molecule has 2 unspecified atom stereocenters. The summed E-state index contributed by atoms with van der Waals surface area (Å²) >= 11 is 1.25. The van der Waals surface area contributed by atoms with Crippen LogP contribution in [0.5, 0.6) is 0 Å². The van der Waals surface area contributed by atoms with Gasteiger partial charge in [-0.2, -0.15) is 0 Å². The van der Waals surface area contributed by atoms with Crippen molar-refractivity contribution in [3.8, 4) is 0 Å². The van der Waals surface area contributed by atoms with Crippen molar-refractivity contribution in [1.29, 1.82) is 0 Å². The number of ether oxygens (including phenoxy) is 1. The lowest BCUT2D eigenvalue weighted by Crippen LogP contribution is -2.36. The molecule has 3 rings (SSSR count). The van der Waals surface area contributed by atoms with E-state index in [0.717, 1.165) is 0 Å². The number of hydrogen-bond donors (Lipinski definition) is 3. The van der Waals surface area contributed by atoms with E-state index in [0.29, 0.717) is 29.2 Å². The summed E-state index contributed by atoms with van der Waals surface area (Å²) in [5.41, 5.74) is 1.29. The van der Waals surface area contributed by atoms with Crippen molar-refractivity contribution >= 4 is 28.4 Å². The van der Waals surface area contributed by atoms with Gasteiger partial charge in [0.05, 0.1) is 24.9 Å². The number of likely N-dealkylation sites (N-methyl/N-ethyl adjacent to an activating group) is 1.